The van der Waals surface area contributed by atoms with Crippen LogP contribution >= 0.6 is 0 Å². The molecule has 2 aromatic rings. The number of benzene rings is 2. The molecule has 4 heteroatoms. The highest BCUT2D eigenvalue weighted by Crippen LogP contribution is 2.35. The molecular weight excluding hydrogens is 336 g/mol. The second-order valence-corrected chi connectivity index (χ2v) is 7.77. The topological polar surface area (TPSA) is 41.6 Å². The molecule has 27 heavy (non-hydrogen) atoms. The molecule has 0 spiro atoms. The van der Waals surface area contributed by atoms with Crippen LogP contribution < -0.4 is 10.1 Å². The molecule has 2 heterocycles. The third kappa shape index (κ3) is 4.16. The van der Waals surface area contributed by atoms with E-state index >= 15 is 0 Å². The molecule has 2 atom stereocenters. The van der Waals surface area contributed by atoms with E-state index < -0.39 is 0 Å². The van der Waals surface area contributed by atoms with E-state index in [4.69, 9.17) is 4.74 Å². The Kier molecular flexibility index (Phi) is 5.44. The predicted octanol–water partition coefficient (Wildman–Crippen LogP) is 4.01. The first-order chi connectivity index (χ1) is 13.2. The van der Waals surface area contributed by atoms with Crippen LogP contribution in [0.25, 0.3) is 0 Å². The van der Waals surface area contributed by atoms with Crippen LogP contribution in [0.1, 0.15) is 48.0 Å². The van der Waals surface area contributed by atoms with E-state index in [1.807, 2.05) is 42.5 Å². The summed E-state index contributed by atoms with van der Waals surface area (Å²) in [4.78, 5) is 15.2. The van der Waals surface area contributed by atoms with Gasteiger partial charge in [0.15, 0.2) is 0 Å². The maximum absolute atomic E-state index is 12.5. The summed E-state index contributed by atoms with van der Waals surface area (Å²) in [6, 6.07) is 19.3. The number of amides is 1. The van der Waals surface area contributed by atoms with Crippen LogP contribution in [-0.4, -0.2) is 36.0 Å². The first-order valence-corrected chi connectivity index (χ1v) is 9.97. The zero-order valence-electron chi connectivity index (χ0n) is 15.9. The van der Waals surface area contributed by atoms with Crippen LogP contribution in [0.5, 0.6) is 5.75 Å². The standard InChI is InChI=1S/C23H28N2O2/c1-27-22-12-10-17(11-13-22)16-25-20-8-5-9-21(25)15-19(14-20)24-23(26)18-6-3-2-4-7-18/h2-4,6-7,10-13,19-21H,5,8-9,14-16H2,1H3,(H,24,26)/t20-,21-/m0/s1. The van der Waals surface area contributed by atoms with E-state index in [0.29, 0.717) is 12.1 Å². The maximum Gasteiger partial charge on any atom is 0.251 e. The highest BCUT2D eigenvalue weighted by molar-refractivity contribution is 5.94. The van der Waals surface area contributed by atoms with Gasteiger partial charge in [-0.2, -0.15) is 0 Å². The molecule has 1 amide bonds. The van der Waals surface area contributed by atoms with Crippen LogP contribution in [0.2, 0.25) is 0 Å². The van der Waals surface area contributed by atoms with E-state index in [1.165, 1.54) is 24.8 Å². The Bertz CT molecular complexity index is 746. The minimum atomic E-state index is 0.0577. The van der Waals surface area contributed by atoms with Crippen molar-refractivity contribution in [1.29, 1.82) is 0 Å². The summed E-state index contributed by atoms with van der Waals surface area (Å²) < 4.78 is 5.27. The fraction of sp³-hybridized carbons (Fsp3) is 0.435. The maximum atomic E-state index is 12.5. The molecule has 0 radical (unpaired) electrons. The van der Waals surface area contributed by atoms with Gasteiger partial charge in [-0.1, -0.05) is 36.8 Å². The largest absolute Gasteiger partial charge is 0.497 e. The minimum absolute atomic E-state index is 0.0577. The normalized spacial score (nSPS) is 25.0. The number of fused-ring (bicyclic) bond motifs is 2. The summed E-state index contributed by atoms with van der Waals surface area (Å²) in [6.07, 6.45) is 5.85. The van der Waals surface area contributed by atoms with Crippen molar-refractivity contribution in [3.63, 3.8) is 0 Å². The third-order valence-electron chi connectivity index (χ3n) is 6.02. The first-order valence-electron chi connectivity index (χ1n) is 9.97. The van der Waals surface area contributed by atoms with E-state index in [2.05, 4.69) is 22.3 Å². The summed E-state index contributed by atoms with van der Waals surface area (Å²) in [5, 5.41) is 3.28. The molecule has 2 bridgehead atoms. The van der Waals surface area contributed by atoms with Gasteiger partial charge >= 0.3 is 0 Å². The van der Waals surface area contributed by atoms with Gasteiger partial charge in [0.05, 0.1) is 7.11 Å². The Morgan fingerprint density at radius 3 is 2.33 bits per heavy atom. The molecule has 2 fully saturated rings. The average molecular weight is 364 g/mol. The molecule has 1 N–H and O–H groups in total. The molecule has 4 rings (SSSR count). The highest BCUT2D eigenvalue weighted by atomic mass is 16.5. The third-order valence-corrected chi connectivity index (χ3v) is 6.02. The lowest BCUT2D eigenvalue weighted by atomic mass is 9.81. The van der Waals surface area contributed by atoms with Gasteiger partial charge in [0, 0.05) is 30.2 Å². The van der Waals surface area contributed by atoms with Crippen molar-refractivity contribution >= 4 is 5.91 Å². The number of methoxy groups -OCH3 is 1. The molecule has 4 nitrogen and oxygen atoms in total. The van der Waals surface area contributed by atoms with E-state index in [-0.39, 0.29) is 11.9 Å². The summed E-state index contributed by atoms with van der Waals surface area (Å²) in [5.41, 5.74) is 2.09. The Labute approximate surface area is 161 Å². The lowest BCUT2D eigenvalue weighted by molar-refractivity contribution is 0.0177. The van der Waals surface area contributed by atoms with Crippen LogP contribution in [0.4, 0.5) is 0 Å². The lowest BCUT2D eigenvalue weighted by Gasteiger charge is -2.49. The zero-order chi connectivity index (χ0) is 18.6. The number of carbonyl (C=O) groups excluding carboxylic acids is 1. The van der Waals surface area contributed by atoms with Gasteiger partial charge in [0.2, 0.25) is 0 Å². The van der Waals surface area contributed by atoms with E-state index in [0.717, 1.165) is 30.7 Å². The van der Waals surface area contributed by atoms with Crippen molar-refractivity contribution < 1.29 is 9.53 Å². The number of ether oxygens (including phenoxy) is 1. The summed E-state index contributed by atoms with van der Waals surface area (Å²) in [6.45, 7) is 0.985. The van der Waals surface area contributed by atoms with Gasteiger partial charge < -0.3 is 10.1 Å². The van der Waals surface area contributed by atoms with Gasteiger partial charge in [-0.3, -0.25) is 9.69 Å². The van der Waals surface area contributed by atoms with Gasteiger partial charge in [-0.25, -0.2) is 0 Å². The Hall–Kier alpha value is -2.33. The summed E-state index contributed by atoms with van der Waals surface area (Å²) >= 11 is 0. The number of hydrogen-bond donors (Lipinski definition) is 1. The number of rotatable bonds is 5. The highest BCUT2D eigenvalue weighted by Gasteiger charge is 2.38. The minimum Gasteiger partial charge on any atom is -0.497 e. The van der Waals surface area contributed by atoms with Crippen molar-refractivity contribution in [2.45, 2.75) is 56.8 Å². The Balaban J connectivity index is 1.40. The van der Waals surface area contributed by atoms with Gasteiger partial charge in [0.1, 0.15) is 5.75 Å². The van der Waals surface area contributed by atoms with Crippen molar-refractivity contribution in [3.05, 3.63) is 65.7 Å². The van der Waals surface area contributed by atoms with Crippen molar-refractivity contribution in [2.24, 2.45) is 0 Å². The number of carbonyl (C=O) groups is 1. The molecule has 0 unspecified atom stereocenters. The summed E-state index contributed by atoms with van der Waals surface area (Å²) in [5.74, 6) is 0.962. The first kappa shape index (κ1) is 18.1. The van der Waals surface area contributed by atoms with Gasteiger partial charge in [-0.05, 0) is 55.5 Å². The molecule has 2 saturated heterocycles. The quantitative estimate of drug-likeness (QED) is 0.872. The average Bonchev–Trinajstić information content (AvgIpc) is 2.70. The fourth-order valence-corrected chi connectivity index (χ4v) is 4.65. The Morgan fingerprint density at radius 1 is 1.04 bits per heavy atom. The Morgan fingerprint density at radius 2 is 1.70 bits per heavy atom. The van der Waals surface area contributed by atoms with Crippen LogP contribution in [-0.2, 0) is 6.54 Å². The SMILES string of the molecule is COc1ccc(CN2[C@H]3CCC[C@H]2CC(NC(=O)c2ccccc2)C3)cc1. The molecule has 2 aliphatic rings. The van der Waals surface area contributed by atoms with Crippen molar-refractivity contribution in [2.75, 3.05) is 7.11 Å². The number of piperidine rings is 2. The molecule has 2 aliphatic heterocycles. The molecule has 0 saturated carbocycles. The molecule has 0 aliphatic carbocycles. The number of hydrogen-bond acceptors (Lipinski definition) is 3. The van der Waals surface area contributed by atoms with Gasteiger partial charge in [0.25, 0.3) is 5.91 Å². The van der Waals surface area contributed by atoms with E-state index in [9.17, 15) is 4.79 Å². The van der Waals surface area contributed by atoms with Crippen LogP contribution in [0.15, 0.2) is 54.6 Å². The molecular formula is C23H28N2O2. The molecule has 2 aromatic carbocycles. The monoisotopic (exact) mass is 364 g/mol. The van der Waals surface area contributed by atoms with Gasteiger partial charge in [-0.15, -0.1) is 0 Å². The predicted molar refractivity (Wildman–Crippen MR) is 107 cm³/mol. The zero-order valence-corrected chi connectivity index (χ0v) is 15.9. The fourth-order valence-electron chi connectivity index (χ4n) is 4.65. The summed E-state index contributed by atoms with van der Waals surface area (Å²) in [7, 11) is 1.70. The lowest BCUT2D eigenvalue weighted by Crippen LogP contribution is -2.56. The second-order valence-electron chi connectivity index (χ2n) is 7.77. The van der Waals surface area contributed by atoms with Crippen LogP contribution in [0.3, 0.4) is 0 Å². The van der Waals surface area contributed by atoms with Crippen LogP contribution in [0, 0.1) is 0 Å². The number of nitrogens with zero attached hydrogens (tertiary/aromatic N) is 1. The number of nitrogens with one attached hydrogen (secondary N) is 1. The molecule has 142 valence electrons. The van der Waals surface area contributed by atoms with Crippen molar-refractivity contribution in [3.8, 4) is 5.75 Å². The smallest absolute Gasteiger partial charge is 0.251 e. The molecule has 0 aromatic heterocycles. The van der Waals surface area contributed by atoms with Crippen molar-refractivity contribution in [1.82, 2.24) is 10.2 Å². The van der Waals surface area contributed by atoms with E-state index in [1.54, 1.807) is 7.11 Å². The second kappa shape index (κ2) is 8.13.